The van der Waals surface area contributed by atoms with Crippen molar-refractivity contribution in [2.75, 3.05) is 32.8 Å². The highest BCUT2D eigenvalue weighted by atomic mass is 32.2. The minimum absolute atomic E-state index is 0.260. The Labute approximate surface area is 116 Å². The van der Waals surface area contributed by atoms with E-state index in [1.807, 2.05) is 0 Å². The van der Waals surface area contributed by atoms with Crippen molar-refractivity contribution in [3.8, 4) is 0 Å². The second-order valence-electron chi connectivity index (χ2n) is 5.88. The van der Waals surface area contributed by atoms with Gasteiger partial charge in [0.15, 0.2) is 0 Å². The molecule has 2 saturated heterocycles. The molecule has 0 bridgehead atoms. The van der Waals surface area contributed by atoms with Gasteiger partial charge in [-0.1, -0.05) is 12.8 Å². The second-order valence-corrected chi connectivity index (χ2v) is 7.77. The first-order valence-corrected chi connectivity index (χ1v) is 8.94. The topological polar surface area (TPSA) is 49.9 Å². The van der Waals surface area contributed by atoms with Crippen LogP contribution >= 0.6 is 0 Å². The molecule has 0 aromatic rings. The van der Waals surface area contributed by atoms with Gasteiger partial charge < -0.3 is 4.74 Å². The molecule has 3 rings (SSSR count). The fourth-order valence-electron chi connectivity index (χ4n) is 3.79. The quantitative estimate of drug-likeness (QED) is 0.784. The zero-order chi connectivity index (χ0) is 13.3. The molecule has 19 heavy (non-hydrogen) atoms. The summed E-state index contributed by atoms with van der Waals surface area (Å²) < 4.78 is 34.2. The van der Waals surface area contributed by atoms with Crippen molar-refractivity contribution in [3.63, 3.8) is 0 Å². The molecular weight excluding hydrogens is 264 g/mol. The van der Waals surface area contributed by atoms with Crippen molar-refractivity contribution in [1.29, 1.82) is 0 Å². The molecule has 0 N–H and O–H groups in total. The minimum atomic E-state index is -3.26. The molecule has 1 saturated carbocycles. The molecule has 0 aromatic heterocycles. The van der Waals surface area contributed by atoms with Crippen LogP contribution in [0, 0.1) is 5.92 Å². The molecule has 0 spiro atoms. The van der Waals surface area contributed by atoms with Crippen LogP contribution < -0.4 is 0 Å². The summed E-state index contributed by atoms with van der Waals surface area (Å²) in [7, 11) is -3.26. The zero-order valence-electron chi connectivity index (χ0n) is 11.5. The lowest BCUT2D eigenvalue weighted by molar-refractivity contribution is 0.0693. The largest absolute Gasteiger partial charge is 0.379 e. The first-order valence-electron chi connectivity index (χ1n) is 7.54. The number of rotatable bonds is 3. The van der Waals surface area contributed by atoms with Crippen molar-refractivity contribution in [2.24, 2.45) is 5.92 Å². The van der Waals surface area contributed by atoms with Crippen molar-refractivity contribution < 1.29 is 13.2 Å². The minimum Gasteiger partial charge on any atom is -0.379 e. The molecule has 5 nitrogen and oxygen atoms in total. The van der Waals surface area contributed by atoms with Gasteiger partial charge in [0.05, 0.1) is 13.2 Å². The van der Waals surface area contributed by atoms with E-state index in [4.69, 9.17) is 4.74 Å². The van der Waals surface area contributed by atoms with Crippen LogP contribution in [0.2, 0.25) is 0 Å². The van der Waals surface area contributed by atoms with Gasteiger partial charge in [0.1, 0.15) is 0 Å². The first-order chi connectivity index (χ1) is 9.19. The Bertz CT molecular complexity index is 400. The van der Waals surface area contributed by atoms with Gasteiger partial charge in [0.25, 0.3) is 10.2 Å². The maximum Gasteiger partial charge on any atom is 0.282 e. The first kappa shape index (κ1) is 13.8. The molecule has 1 aliphatic carbocycles. The molecule has 6 heteroatoms. The molecule has 0 amide bonds. The lowest BCUT2D eigenvalue weighted by Gasteiger charge is -2.34. The van der Waals surface area contributed by atoms with E-state index in [9.17, 15) is 8.42 Å². The third kappa shape index (κ3) is 2.68. The smallest absolute Gasteiger partial charge is 0.282 e. The van der Waals surface area contributed by atoms with Gasteiger partial charge in [-0.3, -0.25) is 0 Å². The van der Waals surface area contributed by atoms with Gasteiger partial charge in [-0.2, -0.15) is 17.0 Å². The van der Waals surface area contributed by atoms with Crippen molar-refractivity contribution >= 4 is 10.2 Å². The molecular formula is C13H24N2O3S. The van der Waals surface area contributed by atoms with Crippen LogP contribution in [0.4, 0.5) is 0 Å². The van der Waals surface area contributed by atoms with E-state index >= 15 is 0 Å². The molecule has 3 aliphatic rings. The van der Waals surface area contributed by atoms with Crippen LogP contribution in [0.3, 0.4) is 0 Å². The Morgan fingerprint density at radius 2 is 1.58 bits per heavy atom. The van der Waals surface area contributed by atoms with E-state index in [2.05, 4.69) is 0 Å². The Morgan fingerprint density at radius 1 is 0.895 bits per heavy atom. The van der Waals surface area contributed by atoms with Gasteiger partial charge in [-0.15, -0.1) is 0 Å². The fourth-order valence-corrected chi connectivity index (χ4v) is 5.68. The highest BCUT2D eigenvalue weighted by molar-refractivity contribution is 7.86. The van der Waals surface area contributed by atoms with Crippen LogP contribution in [0.15, 0.2) is 0 Å². The fraction of sp³-hybridized carbons (Fsp3) is 1.00. The summed E-state index contributed by atoms with van der Waals surface area (Å²) in [6.07, 6.45) is 7.03. The van der Waals surface area contributed by atoms with Crippen molar-refractivity contribution in [1.82, 2.24) is 8.61 Å². The van der Waals surface area contributed by atoms with E-state index in [-0.39, 0.29) is 6.04 Å². The van der Waals surface area contributed by atoms with Crippen LogP contribution in [-0.2, 0) is 14.9 Å². The number of nitrogens with zero attached hydrogens (tertiary/aromatic N) is 2. The highest BCUT2D eigenvalue weighted by Gasteiger charge is 2.42. The standard InChI is InChI=1S/C13H24N2O3S/c16-19(17,14-8-10-18-11-9-14)15-7-3-6-13(15)12-4-1-2-5-12/h12-13H,1-11H2/t13-/m0/s1. The van der Waals surface area contributed by atoms with E-state index in [0.717, 1.165) is 12.8 Å². The predicted octanol–water partition coefficient (Wildman–Crippen LogP) is 1.22. The summed E-state index contributed by atoms with van der Waals surface area (Å²) in [6, 6.07) is 0.260. The molecule has 2 aliphatic heterocycles. The summed E-state index contributed by atoms with van der Waals surface area (Å²) in [5.74, 6) is 0.596. The van der Waals surface area contributed by atoms with Crippen LogP contribution in [-0.4, -0.2) is 55.9 Å². The van der Waals surface area contributed by atoms with Crippen molar-refractivity contribution in [3.05, 3.63) is 0 Å². The number of ether oxygens (including phenoxy) is 1. The molecule has 0 unspecified atom stereocenters. The van der Waals surface area contributed by atoms with Gasteiger partial charge in [0.2, 0.25) is 0 Å². The lowest BCUT2D eigenvalue weighted by atomic mass is 9.97. The Morgan fingerprint density at radius 3 is 2.26 bits per heavy atom. The number of hydrogen-bond acceptors (Lipinski definition) is 3. The third-order valence-electron chi connectivity index (χ3n) is 4.78. The molecule has 3 fully saturated rings. The van der Waals surface area contributed by atoms with E-state index < -0.39 is 10.2 Å². The van der Waals surface area contributed by atoms with Gasteiger partial charge in [0, 0.05) is 25.7 Å². The maximum absolute atomic E-state index is 12.8. The molecule has 2 heterocycles. The van der Waals surface area contributed by atoms with Crippen molar-refractivity contribution in [2.45, 2.75) is 44.6 Å². The Balaban J connectivity index is 1.74. The summed E-state index contributed by atoms with van der Waals surface area (Å²) >= 11 is 0. The Hall–Kier alpha value is -0.170. The van der Waals surface area contributed by atoms with Crippen LogP contribution in [0.1, 0.15) is 38.5 Å². The number of morpholine rings is 1. The third-order valence-corrected chi connectivity index (χ3v) is 6.85. The average molecular weight is 288 g/mol. The van der Waals surface area contributed by atoms with Gasteiger partial charge in [-0.05, 0) is 31.6 Å². The zero-order valence-corrected chi connectivity index (χ0v) is 12.3. The van der Waals surface area contributed by atoms with E-state index in [1.165, 1.54) is 25.7 Å². The molecule has 1 atom stereocenters. The Kier molecular flexibility index (Phi) is 4.12. The van der Waals surface area contributed by atoms with Gasteiger partial charge >= 0.3 is 0 Å². The highest BCUT2D eigenvalue weighted by Crippen LogP contribution is 2.37. The monoisotopic (exact) mass is 288 g/mol. The lowest BCUT2D eigenvalue weighted by Crippen LogP contribution is -2.51. The summed E-state index contributed by atoms with van der Waals surface area (Å²) in [5, 5.41) is 0. The second kappa shape index (κ2) is 5.68. The van der Waals surface area contributed by atoms with Gasteiger partial charge in [-0.25, -0.2) is 0 Å². The normalized spacial score (nSPS) is 32.1. The molecule has 0 radical (unpaired) electrons. The molecule has 0 aromatic carbocycles. The van der Waals surface area contributed by atoms with Crippen LogP contribution in [0.25, 0.3) is 0 Å². The summed E-state index contributed by atoms with van der Waals surface area (Å²) in [5.41, 5.74) is 0. The predicted molar refractivity (Wildman–Crippen MR) is 73.0 cm³/mol. The van der Waals surface area contributed by atoms with E-state index in [1.54, 1.807) is 8.61 Å². The SMILES string of the molecule is O=S(=O)(N1CCOCC1)N1CCC[C@H]1C1CCCC1. The van der Waals surface area contributed by atoms with E-state index in [0.29, 0.717) is 38.8 Å². The summed E-state index contributed by atoms with van der Waals surface area (Å²) in [6.45, 7) is 2.79. The van der Waals surface area contributed by atoms with Crippen LogP contribution in [0.5, 0.6) is 0 Å². The average Bonchev–Trinajstić information content (AvgIpc) is 3.10. The molecule has 110 valence electrons. The maximum atomic E-state index is 12.8. The summed E-state index contributed by atoms with van der Waals surface area (Å²) in [4.78, 5) is 0. The number of hydrogen-bond donors (Lipinski definition) is 0.